The summed E-state index contributed by atoms with van der Waals surface area (Å²) in [5.74, 6) is 2.71. The highest BCUT2D eigenvalue weighted by molar-refractivity contribution is 5.31. The van der Waals surface area contributed by atoms with Gasteiger partial charge >= 0.3 is 0 Å². The molecule has 0 aliphatic heterocycles. The minimum Gasteiger partial charge on any atom is -0.497 e. The third kappa shape index (κ3) is 2.91. The largest absolute Gasteiger partial charge is 0.497 e. The third-order valence-electron chi connectivity index (χ3n) is 3.33. The first kappa shape index (κ1) is 11.3. The van der Waals surface area contributed by atoms with Crippen molar-refractivity contribution in [3.8, 4) is 11.5 Å². The maximum atomic E-state index is 5.95. The second-order valence-corrected chi connectivity index (χ2v) is 4.68. The Bertz CT molecular complexity index is 310. The van der Waals surface area contributed by atoms with E-state index in [0.717, 1.165) is 17.4 Å². The van der Waals surface area contributed by atoms with E-state index in [1.807, 2.05) is 24.3 Å². The molecule has 2 rings (SSSR count). The van der Waals surface area contributed by atoms with Crippen LogP contribution in [0, 0.1) is 5.92 Å². The molecule has 16 heavy (non-hydrogen) atoms. The van der Waals surface area contributed by atoms with E-state index in [1.165, 1.54) is 25.7 Å². The van der Waals surface area contributed by atoms with Crippen molar-refractivity contribution in [3.05, 3.63) is 24.3 Å². The number of ether oxygens (including phenoxy) is 2. The van der Waals surface area contributed by atoms with Crippen LogP contribution < -0.4 is 9.47 Å². The highest BCUT2D eigenvalue weighted by Gasteiger charge is 2.19. The van der Waals surface area contributed by atoms with E-state index in [9.17, 15) is 0 Å². The molecule has 0 aromatic heterocycles. The summed E-state index contributed by atoms with van der Waals surface area (Å²) in [6.45, 7) is 2.32. The average Bonchev–Trinajstić information content (AvgIpc) is 2.33. The molecule has 88 valence electrons. The van der Waals surface area contributed by atoms with Crippen LogP contribution in [-0.4, -0.2) is 13.2 Å². The molecule has 0 bridgehead atoms. The summed E-state index contributed by atoms with van der Waals surface area (Å²) < 4.78 is 11.1. The molecule has 0 saturated heterocycles. The van der Waals surface area contributed by atoms with E-state index in [1.54, 1.807) is 7.11 Å². The Hall–Kier alpha value is -1.18. The van der Waals surface area contributed by atoms with Crippen LogP contribution in [0.25, 0.3) is 0 Å². The predicted molar refractivity (Wildman–Crippen MR) is 65.0 cm³/mol. The van der Waals surface area contributed by atoms with Gasteiger partial charge in [-0.1, -0.05) is 6.92 Å². The zero-order valence-electron chi connectivity index (χ0n) is 10.1. The molecule has 0 unspecified atom stereocenters. The van der Waals surface area contributed by atoms with Crippen LogP contribution in [0.1, 0.15) is 32.6 Å². The second-order valence-electron chi connectivity index (χ2n) is 4.68. The van der Waals surface area contributed by atoms with Gasteiger partial charge in [0.25, 0.3) is 0 Å². The fourth-order valence-corrected chi connectivity index (χ4v) is 2.19. The molecule has 1 aliphatic carbocycles. The summed E-state index contributed by atoms with van der Waals surface area (Å²) in [6.07, 6.45) is 5.37. The van der Waals surface area contributed by atoms with Gasteiger partial charge in [0.15, 0.2) is 0 Å². The minimum atomic E-state index is 0.407. The van der Waals surface area contributed by atoms with Crippen LogP contribution in [0.3, 0.4) is 0 Å². The molecule has 0 radical (unpaired) electrons. The second kappa shape index (κ2) is 5.24. The van der Waals surface area contributed by atoms with Gasteiger partial charge < -0.3 is 9.47 Å². The number of hydrogen-bond donors (Lipinski definition) is 0. The predicted octanol–water partition coefficient (Wildman–Crippen LogP) is 3.65. The first-order valence-electron chi connectivity index (χ1n) is 6.08. The molecule has 1 fully saturated rings. The van der Waals surface area contributed by atoms with Crippen molar-refractivity contribution in [1.82, 2.24) is 0 Å². The molecule has 0 amide bonds. The Morgan fingerprint density at radius 1 is 0.938 bits per heavy atom. The highest BCUT2D eigenvalue weighted by atomic mass is 16.5. The van der Waals surface area contributed by atoms with Gasteiger partial charge in [-0.2, -0.15) is 0 Å². The summed E-state index contributed by atoms with van der Waals surface area (Å²) in [5, 5.41) is 0. The van der Waals surface area contributed by atoms with Crippen molar-refractivity contribution < 1.29 is 9.47 Å². The van der Waals surface area contributed by atoms with E-state index in [0.29, 0.717) is 6.10 Å². The molecule has 0 N–H and O–H groups in total. The lowest BCUT2D eigenvalue weighted by Gasteiger charge is -2.26. The fourth-order valence-electron chi connectivity index (χ4n) is 2.19. The molecule has 1 aromatic rings. The standard InChI is InChI=1S/C14H20O2/c1-11-3-5-13(6-4-11)16-14-9-7-12(15-2)8-10-14/h7-11,13H,3-6H2,1-2H3. The van der Waals surface area contributed by atoms with Crippen LogP contribution in [0.5, 0.6) is 11.5 Å². The maximum Gasteiger partial charge on any atom is 0.119 e. The van der Waals surface area contributed by atoms with Gasteiger partial charge in [0.2, 0.25) is 0 Å². The van der Waals surface area contributed by atoms with Crippen molar-refractivity contribution in [2.75, 3.05) is 7.11 Å². The number of hydrogen-bond acceptors (Lipinski definition) is 2. The van der Waals surface area contributed by atoms with Gasteiger partial charge in [0.1, 0.15) is 11.5 Å². The van der Waals surface area contributed by atoms with Gasteiger partial charge in [0.05, 0.1) is 13.2 Å². The normalized spacial score (nSPS) is 25.1. The Kier molecular flexibility index (Phi) is 3.70. The molecule has 1 aromatic carbocycles. The van der Waals surface area contributed by atoms with Gasteiger partial charge in [0, 0.05) is 0 Å². The van der Waals surface area contributed by atoms with Gasteiger partial charge in [-0.25, -0.2) is 0 Å². The van der Waals surface area contributed by atoms with Crippen LogP contribution in [0.2, 0.25) is 0 Å². The van der Waals surface area contributed by atoms with E-state index in [4.69, 9.17) is 9.47 Å². The van der Waals surface area contributed by atoms with Crippen molar-refractivity contribution in [1.29, 1.82) is 0 Å². The van der Waals surface area contributed by atoms with Gasteiger partial charge in [-0.05, 0) is 55.9 Å². The molecule has 2 nitrogen and oxygen atoms in total. The quantitative estimate of drug-likeness (QED) is 0.774. The topological polar surface area (TPSA) is 18.5 Å². The maximum absolute atomic E-state index is 5.95. The minimum absolute atomic E-state index is 0.407. The first-order chi connectivity index (χ1) is 7.78. The average molecular weight is 220 g/mol. The Morgan fingerprint density at radius 2 is 1.50 bits per heavy atom. The smallest absolute Gasteiger partial charge is 0.119 e. The molecular formula is C14H20O2. The van der Waals surface area contributed by atoms with E-state index >= 15 is 0 Å². The molecule has 0 spiro atoms. The third-order valence-corrected chi connectivity index (χ3v) is 3.33. The van der Waals surface area contributed by atoms with Crippen molar-refractivity contribution in [2.45, 2.75) is 38.7 Å². The monoisotopic (exact) mass is 220 g/mol. The van der Waals surface area contributed by atoms with Crippen LogP contribution in [0.15, 0.2) is 24.3 Å². The zero-order chi connectivity index (χ0) is 11.4. The van der Waals surface area contributed by atoms with Crippen molar-refractivity contribution in [2.24, 2.45) is 5.92 Å². The molecule has 0 heterocycles. The van der Waals surface area contributed by atoms with Crippen molar-refractivity contribution in [3.63, 3.8) is 0 Å². The van der Waals surface area contributed by atoms with Crippen molar-refractivity contribution >= 4 is 0 Å². The van der Waals surface area contributed by atoms with Crippen LogP contribution >= 0.6 is 0 Å². The summed E-state index contributed by atoms with van der Waals surface area (Å²) in [4.78, 5) is 0. The molecule has 2 heteroatoms. The van der Waals surface area contributed by atoms with Gasteiger partial charge in [-0.15, -0.1) is 0 Å². The first-order valence-corrected chi connectivity index (χ1v) is 6.08. The SMILES string of the molecule is COc1ccc(OC2CCC(C)CC2)cc1. The summed E-state index contributed by atoms with van der Waals surface area (Å²) >= 11 is 0. The Labute approximate surface area is 97.6 Å². The summed E-state index contributed by atoms with van der Waals surface area (Å²) in [5.41, 5.74) is 0. The Morgan fingerprint density at radius 3 is 2.06 bits per heavy atom. The zero-order valence-corrected chi connectivity index (χ0v) is 10.1. The van der Waals surface area contributed by atoms with E-state index < -0.39 is 0 Å². The highest BCUT2D eigenvalue weighted by Crippen LogP contribution is 2.27. The molecular weight excluding hydrogens is 200 g/mol. The number of methoxy groups -OCH3 is 1. The van der Waals surface area contributed by atoms with Gasteiger partial charge in [-0.3, -0.25) is 0 Å². The van der Waals surface area contributed by atoms with E-state index in [-0.39, 0.29) is 0 Å². The lowest BCUT2D eigenvalue weighted by molar-refractivity contribution is 0.135. The Balaban J connectivity index is 1.88. The molecule has 1 saturated carbocycles. The summed E-state index contributed by atoms with van der Waals surface area (Å²) in [7, 11) is 1.68. The lowest BCUT2D eigenvalue weighted by Crippen LogP contribution is -2.22. The fraction of sp³-hybridized carbons (Fsp3) is 0.571. The van der Waals surface area contributed by atoms with Crippen LogP contribution in [0.4, 0.5) is 0 Å². The lowest BCUT2D eigenvalue weighted by atomic mass is 9.89. The van der Waals surface area contributed by atoms with Crippen LogP contribution in [-0.2, 0) is 0 Å². The number of rotatable bonds is 3. The molecule has 0 atom stereocenters. The number of benzene rings is 1. The molecule has 1 aliphatic rings. The van der Waals surface area contributed by atoms with E-state index in [2.05, 4.69) is 6.92 Å². The summed E-state index contributed by atoms with van der Waals surface area (Å²) in [6, 6.07) is 7.86.